The zero-order valence-electron chi connectivity index (χ0n) is 9.29. The molecule has 2 heteroatoms. The molecule has 2 nitrogen and oxygen atoms in total. The van der Waals surface area contributed by atoms with Crippen LogP contribution in [0.3, 0.4) is 0 Å². The summed E-state index contributed by atoms with van der Waals surface area (Å²) in [6, 6.07) is 3.95. The largest absolute Gasteiger partial charge is 0.489 e. The summed E-state index contributed by atoms with van der Waals surface area (Å²) in [7, 11) is 0. The van der Waals surface area contributed by atoms with Gasteiger partial charge in [0, 0.05) is 5.69 Å². The van der Waals surface area contributed by atoms with Crippen molar-refractivity contribution in [2.45, 2.75) is 46.1 Å². The molecule has 0 aromatic carbocycles. The third kappa shape index (κ3) is 3.77. The smallest absolute Gasteiger partial charge is 0.138 e. The summed E-state index contributed by atoms with van der Waals surface area (Å²) in [6.07, 6.45) is 5.64. The molecule has 1 heterocycles. The molecule has 14 heavy (non-hydrogen) atoms. The Labute approximate surface area is 86.3 Å². The Morgan fingerprint density at radius 3 is 2.79 bits per heavy atom. The number of rotatable bonds is 5. The first-order valence-electron chi connectivity index (χ1n) is 5.31. The summed E-state index contributed by atoms with van der Waals surface area (Å²) in [5.41, 5.74) is 1.03. The van der Waals surface area contributed by atoms with E-state index in [1.165, 1.54) is 12.8 Å². The number of hydrogen-bond acceptors (Lipinski definition) is 2. The van der Waals surface area contributed by atoms with Crippen LogP contribution < -0.4 is 4.74 Å². The lowest BCUT2D eigenvalue weighted by molar-refractivity contribution is 0.206. The number of aromatic nitrogens is 1. The fourth-order valence-electron chi connectivity index (χ4n) is 1.31. The van der Waals surface area contributed by atoms with E-state index < -0.39 is 0 Å². The van der Waals surface area contributed by atoms with Gasteiger partial charge < -0.3 is 4.74 Å². The minimum atomic E-state index is 0.291. The molecule has 0 unspecified atom stereocenters. The molecule has 0 N–H and O–H groups in total. The van der Waals surface area contributed by atoms with Crippen molar-refractivity contribution in [2.24, 2.45) is 0 Å². The van der Waals surface area contributed by atoms with E-state index in [2.05, 4.69) is 18.8 Å². The molecule has 0 bridgehead atoms. The van der Waals surface area contributed by atoms with Crippen molar-refractivity contribution in [3.63, 3.8) is 0 Å². The molecular weight excluding hydrogens is 174 g/mol. The monoisotopic (exact) mass is 193 g/mol. The highest BCUT2D eigenvalue weighted by atomic mass is 16.5. The Bertz CT molecular complexity index is 256. The van der Waals surface area contributed by atoms with Crippen LogP contribution >= 0.6 is 0 Å². The minimum Gasteiger partial charge on any atom is -0.489 e. The van der Waals surface area contributed by atoms with Gasteiger partial charge in [0.15, 0.2) is 0 Å². The molecule has 0 saturated carbocycles. The second kappa shape index (κ2) is 5.63. The van der Waals surface area contributed by atoms with E-state index >= 15 is 0 Å². The van der Waals surface area contributed by atoms with Crippen molar-refractivity contribution in [1.29, 1.82) is 0 Å². The standard InChI is InChI=1S/C12H19NO/c1-4-5-6-11(3)14-12-8-7-10(2)13-9-12/h7-9,11H,4-6H2,1-3H3/t11-/m0/s1. The van der Waals surface area contributed by atoms with Crippen LogP contribution in [0.2, 0.25) is 0 Å². The van der Waals surface area contributed by atoms with Gasteiger partial charge in [-0.1, -0.05) is 19.8 Å². The third-order valence-corrected chi connectivity index (χ3v) is 2.19. The number of hydrogen-bond donors (Lipinski definition) is 0. The quantitative estimate of drug-likeness (QED) is 0.715. The predicted octanol–water partition coefficient (Wildman–Crippen LogP) is 3.35. The van der Waals surface area contributed by atoms with Gasteiger partial charge in [-0.3, -0.25) is 4.98 Å². The summed E-state index contributed by atoms with van der Waals surface area (Å²) < 4.78 is 5.71. The number of pyridine rings is 1. The van der Waals surface area contributed by atoms with Gasteiger partial charge in [-0.15, -0.1) is 0 Å². The van der Waals surface area contributed by atoms with Crippen molar-refractivity contribution in [3.8, 4) is 5.75 Å². The van der Waals surface area contributed by atoms with Gasteiger partial charge in [0.05, 0.1) is 12.3 Å². The lowest BCUT2D eigenvalue weighted by atomic mass is 10.2. The van der Waals surface area contributed by atoms with Gasteiger partial charge in [0.2, 0.25) is 0 Å². The van der Waals surface area contributed by atoms with Crippen molar-refractivity contribution < 1.29 is 4.74 Å². The van der Waals surface area contributed by atoms with Crippen LogP contribution in [-0.2, 0) is 0 Å². The molecule has 0 amide bonds. The first-order valence-corrected chi connectivity index (χ1v) is 5.31. The molecule has 0 radical (unpaired) electrons. The van der Waals surface area contributed by atoms with Gasteiger partial charge in [0.1, 0.15) is 5.75 Å². The minimum absolute atomic E-state index is 0.291. The highest BCUT2D eigenvalue weighted by Crippen LogP contribution is 2.13. The Kier molecular flexibility index (Phi) is 4.44. The second-order valence-electron chi connectivity index (χ2n) is 3.71. The first kappa shape index (κ1) is 11.0. The van der Waals surface area contributed by atoms with Crippen LogP contribution in [0.4, 0.5) is 0 Å². The molecule has 0 saturated heterocycles. The molecule has 1 rings (SSSR count). The zero-order valence-corrected chi connectivity index (χ0v) is 9.29. The van der Waals surface area contributed by atoms with Crippen LogP contribution in [0.5, 0.6) is 5.75 Å². The average Bonchev–Trinajstić information content (AvgIpc) is 2.18. The summed E-state index contributed by atoms with van der Waals surface area (Å²) in [5, 5.41) is 0. The maximum Gasteiger partial charge on any atom is 0.138 e. The van der Waals surface area contributed by atoms with E-state index in [0.717, 1.165) is 17.9 Å². The maximum absolute atomic E-state index is 5.71. The molecule has 0 aliphatic carbocycles. The maximum atomic E-state index is 5.71. The van der Waals surface area contributed by atoms with Crippen LogP contribution in [0.15, 0.2) is 18.3 Å². The van der Waals surface area contributed by atoms with Gasteiger partial charge >= 0.3 is 0 Å². The van der Waals surface area contributed by atoms with Crippen LogP contribution in [0.25, 0.3) is 0 Å². The summed E-state index contributed by atoms with van der Waals surface area (Å²) in [4.78, 5) is 4.19. The van der Waals surface area contributed by atoms with Crippen molar-refractivity contribution in [1.82, 2.24) is 4.98 Å². The molecule has 0 aliphatic heterocycles. The average molecular weight is 193 g/mol. The zero-order chi connectivity index (χ0) is 10.4. The van der Waals surface area contributed by atoms with Gasteiger partial charge in [-0.2, -0.15) is 0 Å². The lowest BCUT2D eigenvalue weighted by Crippen LogP contribution is -2.11. The van der Waals surface area contributed by atoms with E-state index in [1.54, 1.807) is 6.20 Å². The SMILES string of the molecule is CCCC[C@H](C)Oc1ccc(C)nc1. The van der Waals surface area contributed by atoms with E-state index in [1.807, 2.05) is 19.1 Å². The van der Waals surface area contributed by atoms with Crippen LogP contribution in [-0.4, -0.2) is 11.1 Å². The fraction of sp³-hybridized carbons (Fsp3) is 0.583. The third-order valence-electron chi connectivity index (χ3n) is 2.19. The van der Waals surface area contributed by atoms with Gasteiger partial charge in [0.25, 0.3) is 0 Å². The lowest BCUT2D eigenvalue weighted by Gasteiger charge is -2.13. The summed E-state index contributed by atoms with van der Waals surface area (Å²) >= 11 is 0. The summed E-state index contributed by atoms with van der Waals surface area (Å²) in [6.45, 7) is 6.28. The normalized spacial score (nSPS) is 12.5. The molecule has 0 fully saturated rings. The number of aryl methyl sites for hydroxylation is 1. The predicted molar refractivity (Wildman–Crippen MR) is 58.6 cm³/mol. The van der Waals surface area contributed by atoms with Gasteiger partial charge in [-0.05, 0) is 32.4 Å². The number of ether oxygens (including phenoxy) is 1. The first-order chi connectivity index (χ1) is 6.72. The summed E-state index contributed by atoms with van der Waals surface area (Å²) in [5.74, 6) is 0.874. The van der Waals surface area contributed by atoms with Crippen molar-refractivity contribution in [3.05, 3.63) is 24.0 Å². The Morgan fingerprint density at radius 2 is 2.21 bits per heavy atom. The van der Waals surface area contributed by atoms with E-state index in [4.69, 9.17) is 4.74 Å². The van der Waals surface area contributed by atoms with E-state index in [-0.39, 0.29) is 0 Å². The number of nitrogens with zero attached hydrogens (tertiary/aromatic N) is 1. The molecule has 1 aromatic rings. The van der Waals surface area contributed by atoms with Crippen LogP contribution in [0.1, 0.15) is 38.8 Å². The van der Waals surface area contributed by atoms with Crippen LogP contribution in [0, 0.1) is 6.92 Å². The van der Waals surface area contributed by atoms with E-state index in [0.29, 0.717) is 6.10 Å². The van der Waals surface area contributed by atoms with Crippen molar-refractivity contribution >= 4 is 0 Å². The highest BCUT2D eigenvalue weighted by molar-refractivity contribution is 5.19. The topological polar surface area (TPSA) is 22.1 Å². The Morgan fingerprint density at radius 1 is 1.43 bits per heavy atom. The van der Waals surface area contributed by atoms with E-state index in [9.17, 15) is 0 Å². The molecule has 1 aromatic heterocycles. The van der Waals surface area contributed by atoms with Gasteiger partial charge in [-0.25, -0.2) is 0 Å². The van der Waals surface area contributed by atoms with Crippen molar-refractivity contribution in [2.75, 3.05) is 0 Å². The molecule has 0 aliphatic rings. The molecule has 78 valence electrons. The fourth-order valence-corrected chi connectivity index (χ4v) is 1.31. The molecule has 1 atom stereocenters. The Hall–Kier alpha value is -1.05. The second-order valence-corrected chi connectivity index (χ2v) is 3.71. The molecular formula is C12H19NO. The number of unbranched alkanes of at least 4 members (excludes halogenated alkanes) is 1. The molecule has 0 spiro atoms. The Balaban J connectivity index is 2.39. The highest BCUT2D eigenvalue weighted by Gasteiger charge is 2.02.